The number of anilines is 1. The summed E-state index contributed by atoms with van der Waals surface area (Å²) in [5.41, 5.74) is 2.70. The molecule has 0 fully saturated rings. The van der Waals surface area contributed by atoms with Gasteiger partial charge in [-0.25, -0.2) is 4.98 Å². The molecule has 0 aliphatic heterocycles. The molecule has 0 saturated heterocycles. The van der Waals surface area contributed by atoms with E-state index >= 15 is 0 Å². The molecule has 3 N–H and O–H groups in total. The molecule has 0 aliphatic rings. The van der Waals surface area contributed by atoms with Gasteiger partial charge in [-0.15, -0.1) is 0 Å². The van der Waals surface area contributed by atoms with Crippen molar-refractivity contribution >= 4 is 29.5 Å². The summed E-state index contributed by atoms with van der Waals surface area (Å²) in [5, 5.41) is 9.46. The van der Waals surface area contributed by atoms with Gasteiger partial charge in [0, 0.05) is 17.7 Å². The fraction of sp³-hybridized carbons (Fsp3) is 0.750. The first-order chi connectivity index (χ1) is 15.8. The Hall–Kier alpha value is -0.650. The van der Waals surface area contributed by atoms with Crippen molar-refractivity contribution in [2.45, 2.75) is 105 Å². The molecule has 3 atom stereocenters. The van der Waals surface area contributed by atoms with Gasteiger partial charge in [-0.05, 0) is 56.1 Å². The summed E-state index contributed by atoms with van der Waals surface area (Å²) < 4.78 is 0. The average molecular weight is 494 g/mol. The van der Waals surface area contributed by atoms with Gasteiger partial charge in [0.2, 0.25) is 0 Å². The molecular formula is C28H51N3S2. The Bertz CT molecular complexity index is 631. The quantitative estimate of drug-likeness (QED) is 0.0872. The van der Waals surface area contributed by atoms with Gasteiger partial charge in [-0.3, -0.25) is 5.14 Å². The van der Waals surface area contributed by atoms with Crippen LogP contribution in [0, 0.1) is 24.7 Å². The number of hydrogen-bond donors (Lipinski definition) is 2. The zero-order valence-electron chi connectivity index (χ0n) is 22.2. The second-order valence-corrected chi connectivity index (χ2v) is 12.4. The maximum absolute atomic E-state index is 5.87. The molecule has 0 aromatic carbocycles. The summed E-state index contributed by atoms with van der Waals surface area (Å²) in [6.45, 7) is 13.9. The van der Waals surface area contributed by atoms with Crippen molar-refractivity contribution in [1.82, 2.24) is 4.98 Å². The molecule has 3 unspecified atom stereocenters. The summed E-state index contributed by atoms with van der Waals surface area (Å²) in [7, 11) is 0. The van der Waals surface area contributed by atoms with Crippen LogP contribution in [-0.4, -0.2) is 21.9 Å². The Kier molecular flexibility index (Phi) is 17.2. The molecule has 33 heavy (non-hydrogen) atoms. The van der Waals surface area contributed by atoms with E-state index in [2.05, 4.69) is 57.1 Å². The SMILES string of the molecule is C/C(=C\CSCC(Nc1ccc(C)cn1)SN)CCCC(C)CCCC(C)CCCC(C)C. The fourth-order valence-electron chi connectivity index (χ4n) is 4.02. The minimum atomic E-state index is 0.178. The summed E-state index contributed by atoms with van der Waals surface area (Å²) in [6, 6.07) is 4.09. The molecule has 1 aromatic rings. The van der Waals surface area contributed by atoms with E-state index < -0.39 is 0 Å². The van der Waals surface area contributed by atoms with E-state index in [-0.39, 0.29) is 5.37 Å². The maximum Gasteiger partial charge on any atom is 0.126 e. The van der Waals surface area contributed by atoms with Crippen molar-refractivity contribution in [3.05, 3.63) is 35.5 Å². The van der Waals surface area contributed by atoms with Gasteiger partial charge >= 0.3 is 0 Å². The highest BCUT2D eigenvalue weighted by atomic mass is 32.2. The van der Waals surface area contributed by atoms with Crippen LogP contribution in [0.15, 0.2) is 30.0 Å². The van der Waals surface area contributed by atoms with Crippen LogP contribution in [0.2, 0.25) is 0 Å². The summed E-state index contributed by atoms with van der Waals surface area (Å²) in [6.07, 6.45) is 16.6. The molecule has 0 amide bonds. The Labute approximate surface area is 214 Å². The van der Waals surface area contributed by atoms with Crippen LogP contribution >= 0.6 is 23.7 Å². The van der Waals surface area contributed by atoms with Crippen molar-refractivity contribution in [3.8, 4) is 0 Å². The molecule has 3 nitrogen and oxygen atoms in total. The van der Waals surface area contributed by atoms with Crippen LogP contribution in [0.5, 0.6) is 0 Å². The lowest BCUT2D eigenvalue weighted by Crippen LogP contribution is -2.21. The highest BCUT2D eigenvalue weighted by Gasteiger charge is 2.09. The van der Waals surface area contributed by atoms with Crippen molar-refractivity contribution < 1.29 is 0 Å². The van der Waals surface area contributed by atoms with Gasteiger partial charge in [-0.2, -0.15) is 11.8 Å². The average Bonchev–Trinajstić information content (AvgIpc) is 2.77. The van der Waals surface area contributed by atoms with E-state index in [9.17, 15) is 0 Å². The normalized spacial score (nSPS) is 15.0. The molecule has 0 radical (unpaired) electrons. The maximum atomic E-state index is 5.87. The van der Waals surface area contributed by atoms with E-state index in [1.54, 1.807) is 0 Å². The first-order valence-electron chi connectivity index (χ1n) is 13.1. The third kappa shape index (κ3) is 16.6. The van der Waals surface area contributed by atoms with Crippen LogP contribution < -0.4 is 10.5 Å². The van der Waals surface area contributed by atoms with Gasteiger partial charge in [0.25, 0.3) is 0 Å². The third-order valence-electron chi connectivity index (χ3n) is 6.34. The first kappa shape index (κ1) is 30.4. The lowest BCUT2D eigenvalue weighted by Gasteiger charge is -2.16. The number of hydrogen-bond acceptors (Lipinski definition) is 5. The molecular weight excluding hydrogens is 442 g/mol. The monoisotopic (exact) mass is 493 g/mol. The predicted molar refractivity (Wildman–Crippen MR) is 154 cm³/mol. The Morgan fingerprint density at radius 2 is 1.64 bits per heavy atom. The van der Waals surface area contributed by atoms with Crippen LogP contribution in [0.1, 0.15) is 98.0 Å². The largest absolute Gasteiger partial charge is 0.356 e. The zero-order valence-corrected chi connectivity index (χ0v) is 23.9. The van der Waals surface area contributed by atoms with Gasteiger partial charge in [0.15, 0.2) is 0 Å². The number of pyridine rings is 1. The molecule has 1 rings (SSSR count). The van der Waals surface area contributed by atoms with Crippen molar-refractivity contribution in [2.24, 2.45) is 22.9 Å². The predicted octanol–water partition coefficient (Wildman–Crippen LogP) is 8.85. The second kappa shape index (κ2) is 18.6. The van der Waals surface area contributed by atoms with E-state index in [4.69, 9.17) is 5.14 Å². The van der Waals surface area contributed by atoms with Crippen molar-refractivity contribution in [2.75, 3.05) is 16.8 Å². The number of thioether (sulfide) groups is 1. The van der Waals surface area contributed by atoms with E-state index in [0.717, 1.165) is 35.1 Å². The highest BCUT2D eigenvalue weighted by Crippen LogP contribution is 2.22. The van der Waals surface area contributed by atoms with Crippen LogP contribution in [0.4, 0.5) is 5.82 Å². The number of aryl methyl sites for hydroxylation is 1. The number of nitrogens with zero attached hydrogens (tertiary/aromatic N) is 1. The topological polar surface area (TPSA) is 50.9 Å². The highest BCUT2D eigenvalue weighted by molar-refractivity contribution is 8.02. The van der Waals surface area contributed by atoms with Crippen molar-refractivity contribution in [3.63, 3.8) is 0 Å². The van der Waals surface area contributed by atoms with E-state index in [1.807, 2.05) is 30.9 Å². The molecule has 0 saturated carbocycles. The minimum absolute atomic E-state index is 0.178. The third-order valence-corrected chi connectivity index (χ3v) is 8.14. The number of nitrogens with two attached hydrogens (primary N) is 1. The number of allylic oxidation sites excluding steroid dienone is 1. The molecule has 1 aromatic heterocycles. The van der Waals surface area contributed by atoms with Gasteiger partial charge < -0.3 is 5.32 Å². The summed E-state index contributed by atoms with van der Waals surface area (Å²) in [4.78, 5) is 4.41. The van der Waals surface area contributed by atoms with Crippen LogP contribution in [0.3, 0.4) is 0 Å². The first-order valence-corrected chi connectivity index (χ1v) is 15.2. The van der Waals surface area contributed by atoms with E-state index in [0.29, 0.717) is 0 Å². The molecule has 5 heteroatoms. The number of aromatic nitrogens is 1. The minimum Gasteiger partial charge on any atom is -0.356 e. The standard InChI is InChI=1S/C28H51N3S2/c1-22(2)10-7-11-23(3)12-8-13-24(4)14-9-15-25(5)18-19-32-21-28(33-29)31-27-17-16-26(6)20-30-27/h16-18,20,22-24,28H,7-15,19,21,29H2,1-6H3,(H,30,31)/b25-18+. The van der Waals surface area contributed by atoms with Gasteiger partial charge in [0.1, 0.15) is 5.82 Å². The van der Waals surface area contributed by atoms with Gasteiger partial charge in [0.05, 0.1) is 5.37 Å². The molecule has 1 heterocycles. The summed E-state index contributed by atoms with van der Waals surface area (Å²) in [5.74, 6) is 5.53. The van der Waals surface area contributed by atoms with Crippen LogP contribution in [-0.2, 0) is 0 Å². The van der Waals surface area contributed by atoms with Crippen LogP contribution in [0.25, 0.3) is 0 Å². The molecule has 0 spiro atoms. The fourth-order valence-corrected chi connectivity index (χ4v) is 5.65. The number of rotatable bonds is 19. The summed E-state index contributed by atoms with van der Waals surface area (Å²) >= 11 is 3.29. The Morgan fingerprint density at radius 1 is 1.00 bits per heavy atom. The second-order valence-electron chi connectivity index (χ2n) is 10.4. The lowest BCUT2D eigenvalue weighted by molar-refractivity contribution is 0.389. The lowest BCUT2D eigenvalue weighted by atomic mass is 9.91. The Balaban J connectivity index is 2.10. The van der Waals surface area contributed by atoms with Crippen molar-refractivity contribution in [1.29, 1.82) is 0 Å². The zero-order chi connectivity index (χ0) is 24.5. The van der Waals surface area contributed by atoms with E-state index in [1.165, 1.54) is 80.9 Å². The Morgan fingerprint density at radius 3 is 2.21 bits per heavy atom. The molecule has 190 valence electrons. The smallest absolute Gasteiger partial charge is 0.126 e. The van der Waals surface area contributed by atoms with Gasteiger partial charge in [-0.1, -0.05) is 102 Å². The molecule has 0 aliphatic carbocycles. The number of nitrogens with one attached hydrogen (secondary N) is 1. The molecule has 0 bridgehead atoms.